The highest BCUT2D eigenvalue weighted by atomic mass is 16.5. The van der Waals surface area contributed by atoms with Crippen molar-refractivity contribution in [2.75, 3.05) is 7.11 Å². The third-order valence-electron chi connectivity index (χ3n) is 3.69. The molecule has 1 N–H and O–H groups in total. The molecular formula is C19H16O4. The molecule has 0 aliphatic heterocycles. The van der Waals surface area contributed by atoms with E-state index in [4.69, 9.17) is 9.15 Å². The summed E-state index contributed by atoms with van der Waals surface area (Å²) in [6.07, 6.45) is 2.31. The number of hydrogen-bond acceptors (Lipinski definition) is 4. The first-order chi connectivity index (χ1) is 11.2. The molecular weight excluding hydrogens is 292 g/mol. The average molecular weight is 308 g/mol. The van der Waals surface area contributed by atoms with Crippen molar-refractivity contribution in [3.8, 4) is 22.8 Å². The Morgan fingerprint density at radius 1 is 1.22 bits per heavy atom. The van der Waals surface area contributed by atoms with Crippen LogP contribution in [-0.2, 0) is 6.42 Å². The van der Waals surface area contributed by atoms with E-state index >= 15 is 0 Å². The maximum atomic E-state index is 12.5. The number of fused-ring (bicyclic) bond motifs is 1. The van der Waals surface area contributed by atoms with Crippen LogP contribution in [0.3, 0.4) is 0 Å². The number of benzene rings is 2. The molecule has 0 aliphatic rings. The summed E-state index contributed by atoms with van der Waals surface area (Å²) in [6.45, 7) is 3.72. The zero-order valence-electron chi connectivity index (χ0n) is 12.7. The van der Waals surface area contributed by atoms with Gasteiger partial charge in [-0.1, -0.05) is 30.3 Å². The fraction of sp³-hybridized carbons (Fsp3) is 0.105. The van der Waals surface area contributed by atoms with Crippen molar-refractivity contribution in [1.82, 2.24) is 0 Å². The summed E-state index contributed by atoms with van der Waals surface area (Å²) >= 11 is 0. The van der Waals surface area contributed by atoms with Crippen LogP contribution >= 0.6 is 0 Å². The Labute approximate surface area is 133 Å². The number of rotatable bonds is 4. The van der Waals surface area contributed by atoms with Crippen LogP contribution < -0.4 is 10.2 Å². The molecule has 0 amide bonds. The van der Waals surface area contributed by atoms with E-state index in [0.717, 1.165) is 5.56 Å². The molecule has 3 aromatic rings. The Morgan fingerprint density at radius 2 is 2.00 bits per heavy atom. The van der Waals surface area contributed by atoms with Gasteiger partial charge in [0, 0.05) is 0 Å². The first-order valence-electron chi connectivity index (χ1n) is 7.19. The van der Waals surface area contributed by atoms with E-state index in [1.807, 2.05) is 12.1 Å². The van der Waals surface area contributed by atoms with Crippen LogP contribution in [0, 0.1) is 0 Å². The van der Waals surface area contributed by atoms with Gasteiger partial charge in [0.25, 0.3) is 0 Å². The fourth-order valence-electron chi connectivity index (χ4n) is 2.60. The third-order valence-corrected chi connectivity index (χ3v) is 3.69. The lowest BCUT2D eigenvalue weighted by Gasteiger charge is -2.11. The lowest BCUT2D eigenvalue weighted by molar-refractivity contribution is 0.411. The summed E-state index contributed by atoms with van der Waals surface area (Å²) in [6, 6.07) is 12.3. The van der Waals surface area contributed by atoms with Crippen LogP contribution in [0.5, 0.6) is 11.5 Å². The fourth-order valence-corrected chi connectivity index (χ4v) is 2.60. The van der Waals surface area contributed by atoms with Gasteiger partial charge < -0.3 is 14.3 Å². The monoisotopic (exact) mass is 308 g/mol. The molecule has 23 heavy (non-hydrogen) atoms. The molecule has 4 nitrogen and oxygen atoms in total. The number of para-hydroxylation sites is 2. The Kier molecular flexibility index (Phi) is 3.89. The van der Waals surface area contributed by atoms with Crippen molar-refractivity contribution in [2.24, 2.45) is 0 Å². The Hall–Kier alpha value is -3.01. The molecule has 0 atom stereocenters. The molecule has 0 spiro atoms. The van der Waals surface area contributed by atoms with Crippen molar-refractivity contribution in [3.05, 3.63) is 70.9 Å². The van der Waals surface area contributed by atoms with E-state index in [0.29, 0.717) is 28.7 Å². The summed E-state index contributed by atoms with van der Waals surface area (Å²) in [5, 5.41) is 10.7. The topological polar surface area (TPSA) is 59.7 Å². The number of aromatic hydroxyl groups is 1. The lowest BCUT2D eigenvalue weighted by atomic mass is 10.1. The summed E-state index contributed by atoms with van der Waals surface area (Å²) in [5.74, 6) is 0.209. The van der Waals surface area contributed by atoms with Crippen LogP contribution in [0.2, 0.25) is 0 Å². The second kappa shape index (κ2) is 6.01. The summed E-state index contributed by atoms with van der Waals surface area (Å²) < 4.78 is 11.2. The molecule has 0 bridgehead atoms. The van der Waals surface area contributed by atoms with Gasteiger partial charge in [-0.25, -0.2) is 0 Å². The number of ether oxygens (including phenoxy) is 1. The summed E-state index contributed by atoms with van der Waals surface area (Å²) in [4.78, 5) is 12.5. The van der Waals surface area contributed by atoms with E-state index < -0.39 is 11.2 Å². The SMILES string of the molecule is C=CCc1cccc2c(=O)c(O)c(-c3ccccc3OC)oc12. The first-order valence-corrected chi connectivity index (χ1v) is 7.19. The van der Waals surface area contributed by atoms with Crippen molar-refractivity contribution < 1.29 is 14.3 Å². The van der Waals surface area contributed by atoms with Crippen LogP contribution in [0.1, 0.15) is 5.56 Å². The van der Waals surface area contributed by atoms with E-state index in [1.54, 1.807) is 36.4 Å². The number of methoxy groups -OCH3 is 1. The van der Waals surface area contributed by atoms with E-state index in [9.17, 15) is 9.90 Å². The normalized spacial score (nSPS) is 10.7. The van der Waals surface area contributed by atoms with Gasteiger partial charge in [0.2, 0.25) is 11.2 Å². The third kappa shape index (κ3) is 2.48. The van der Waals surface area contributed by atoms with Crippen molar-refractivity contribution in [2.45, 2.75) is 6.42 Å². The molecule has 1 heterocycles. The molecule has 0 radical (unpaired) electrons. The largest absolute Gasteiger partial charge is 0.502 e. The van der Waals surface area contributed by atoms with Crippen molar-refractivity contribution in [1.29, 1.82) is 0 Å². The van der Waals surface area contributed by atoms with Gasteiger partial charge in [0.05, 0.1) is 18.1 Å². The van der Waals surface area contributed by atoms with Gasteiger partial charge in [-0.05, 0) is 30.2 Å². The van der Waals surface area contributed by atoms with Gasteiger partial charge >= 0.3 is 0 Å². The van der Waals surface area contributed by atoms with E-state index in [-0.39, 0.29) is 5.76 Å². The molecule has 0 aliphatic carbocycles. The highest BCUT2D eigenvalue weighted by Gasteiger charge is 2.19. The first kappa shape index (κ1) is 14.9. The quantitative estimate of drug-likeness (QED) is 0.743. The lowest BCUT2D eigenvalue weighted by Crippen LogP contribution is -2.04. The molecule has 0 saturated heterocycles. The van der Waals surface area contributed by atoms with Crippen molar-refractivity contribution in [3.63, 3.8) is 0 Å². The smallest absolute Gasteiger partial charge is 0.235 e. The van der Waals surface area contributed by atoms with Gasteiger partial charge in [0.15, 0.2) is 5.76 Å². The van der Waals surface area contributed by atoms with E-state index in [2.05, 4.69) is 6.58 Å². The minimum atomic E-state index is -0.460. The second-order valence-corrected chi connectivity index (χ2v) is 5.10. The molecule has 1 aromatic heterocycles. The van der Waals surface area contributed by atoms with Gasteiger partial charge in [-0.15, -0.1) is 6.58 Å². The van der Waals surface area contributed by atoms with Gasteiger partial charge in [-0.2, -0.15) is 0 Å². The summed E-state index contributed by atoms with van der Waals surface area (Å²) in [7, 11) is 1.53. The molecule has 0 saturated carbocycles. The second-order valence-electron chi connectivity index (χ2n) is 5.10. The summed E-state index contributed by atoms with van der Waals surface area (Å²) in [5.41, 5.74) is 1.36. The molecule has 2 aromatic carbocycles. The predicted molar refractivity (Wildman–Crippen MR) is 90.0 cm³/mol. The van der Waals surface area contributed by atoms with E-state index in [1.165, 1.54) is 7.11 Å². The Morgan fingerprint density at radius 3 is 2.74 bits per heavy atom. The molecule has 0 fully saturated rings. The number of allylic oxidation sites excluding steroid dienone is 1. The highest BCUT2D eigenvalue weighted by molar-refractivity contribution is 5.85. The zero-order chi connectivity index (χ0) is 16.4. The molecule has 116 valence electrons. The standard InChI is InChI=1S/C19H16O4/c1-3-7-12-8-6-10-14-16(20)17(21)19(23-18(12)14)13-9-4-5-11-15(13)22-2/h3-6,8-11,21H,1,7H2,2H3. The van der Waals surface area contributed by atoms with Crippen LogP contribution in [0.15, 0.2) is 64.3 Å². The average Bonchev–Trinajstić information content (AvgIpc) is 2.59. The maximum Gasteiger partial charge on any atom is 0.235 e. The molecule has 3 rings (SSSR count). The minimum Gasteiger partial charge on any atom is -0.502 e. The van der Waals surface area contributed by atoms with Gasteiger partial charge in [0.1, 0.15) is 11.3 Å². The zero-order valence-corrected chi connectivity index (χ0v) is 12.7. The Bertz CT molecular complexity index is 938. The molecule has 0 unspecified atom stereocenters. The van der Waals surface area contributed by atoms with Crippen LogP contribution in [0.4, 0.5) is 0 Å². The number of hydrogen-bond donors (Lipinski definition) is 1. The van der Waals surface area contributed by atoms with Crippen LogP contribution in [-0.4, -0.2) is 12.2 Å². The Balaban J connectivity index is 2.38. The minimum absolute atomic E-state index is 0.108. The molecule has 4 heteroatoms. The van der Waals surface area contributed by atoms with Gasteiger partial charge in [-0.3, -0.25) is 4.79 Å². The van der Waals surface area contributed by atoms with Crippen LogP contribution in [0.25, 0.3) is 22.3 Å². The highest BCUT2D eigenvalue weighted by Crippen LogP contribution is 2.36. The van der Waals surface area contributed by atoms with Crippen molar-refractivity contribution >= 4 is 11.0 Å². The predicted octanol–water partition coefficient (Wildman–Crippen LogP) is 3.90. The maximum absolute atomic E-state index is 12.5.